The Morgan fingerprint density at radius 2 is 1.85 bits per heavy atom. The minimum Gasteiger partial charge on any atom is -0.486 e. The van der Waals surface area contributed by atoms with Crippen molar-refractivity contribution in [2.45, 2.75) is 24.2 Å². The standard InChI is InChI=1S/C13H18ClNO4S/c14-6-2-1-3-7-15-20(16,17)11-4-5-12-13(10-11)19-9-8-18-12/h4-5,10,15H,1-3,6-9H2. The van der Waals surface area contributed by atoms with Crippen LogP contribution in [0.25, 0.3) is 0 Å². The van der Waals surface area contributed by atoms with Crippen molar-refractivity contribution in [3.05, 3.63) is 18.2 Å². The molecule has 0 saturated carbocycles. The lowest BCUT2D eigenvalue weighted by Crippen LogP contribution is -2.25. The van der Waals surface area contributed by atoms with Crippen LogP contribution in [0.1, 0.15) is 19.3 Å². The molecule has 0 aromatic heterocycles. The first-order valence-corrected chi connectivity index (χ1v) is 8.60. The molecule has 1 aromatic carbocycles. The molecule has 5 nitrogen and oxygen atoms in total. The highest BCUT2D eigenvalue weighted by molar-refractivity contribution is 7.89. The third-order valence-electron chi connectivity index (χ3n) is 2.93. The molecule has 0 amide bonds. The maximum Gasteiger partial charge on any atom is 0.240 e. The number of unbranched alkanes of at least 4 members (excludes halogenated alkanes) is 2. The molecular weight excluding hydrogens is 302 g/mol. The van der Waals surface area contributed by atoms with Gasteiger partial charge in [0, 0.05) is 18.5 Å². The van der Waals surface area contributed by atoms with Crippen molar-refractivity contribution < 1.29 is 17.9 Å². The Morgan fingerprint density at radius 1 is 1.10 bits per heavy atom. The first kappa shape index (κ1) is 15.4. The van der Waals surface area contributed by atoms with Crippen LogP contribution in [0.2, 0.25) is 0 Å². The lowest BCUT2D eigenvalue weighted by Gasteiger charge is -2.18. The number of hydrogen-bond donors (Lipinski definition) is 1. The summed E-state index contributed by atoms with van der Waals surface area (Å²) in [5, 5.41) is 0. The van der Waals surface area contributed by atoms with Crippen LogP contribution < -0.4 is 14.2 Å². The Bertz CT molecular complexity index is 547. The molecule has 0 unspecified atom stereocenters. The minimum atomic E-state index is -3.50. The number of alkyl halides is 1. The fourth-order valence-corrected chi connectivity index (χ4v) is 3.16. The van der Waals surface area contributed by atoms with Crippen molar-refractivity contribution >= 4 is 21.6 Å². The topological polar surface area (TPSA) is 64.6 Å². The number of sulfonamides is 1. The fourth-order valence-electron chi connectivity index (χ4n) is 1.88. The van der Waals surface area contributed by atoms with Crippen LogP contribution in [-0.4, -0.2) is 34.1 Å². The molecular formula is C13H18ClNO4S. The minimum absolute atomic E-state index is 0.194. The number of benzene rings is 1. The van der Waals surface area contributed by atoms with Gasteiger partial charge in [0.25, 0.3) is 0 Å². The molecule has 7 heteroatoms. The highest BCUT2D eigenvalue weighted by Gasteiger charge is 2.18. The molecule has 0 aliphatic carbocycles. The summed E-state index contributed by atoms with van der Waals surface area (Å²) in [4.78, 5) is 0.194. The Morgan fingerprint density at radius 3 is 2.60 bits per heavy atom. The van der Waals surface area contributed by atoms with E-state index in [0.29, 0.717) is 37.1 Å². The Balaban J connectivity index is 1.98. The fraction of sp³-hybridized carbons (Fsp3) is 0.538. The first-order chi connectivity index (χ1) is 9.63. The SMILES string of the molecule is O=S(=O)(NCCCCCCl)c1ccc2c(c1)OCCO2. The summed E-state index contributed by atoms with van der Waals surface area (Å²) in [6.07, 6.45) is 2.58. The lowest BCUT2D eigenvalue weighted by molar-refractivity contribution is 0.171. The average Bonchev–Trinajstić information content (AvgIpc) is 2.46. The van der Waals surface area contributed by atoms with Gasteiger partial charge in [-0.1, -0.05) is 6.42 Å². The molecule has 0 fully saturated rings. The normalized spacial score (nSPS) is 14.2. The second-order valence-corrected chi connectivity index (χ2v) is 6.60. The largest absolute Gasteiger partial charge is 0.486 e. The molecule has 1 aliphatic rings. The maximum atomic E-state index is 12.1. The van der Waals surface area contributed by atoms with Crippen molar-refractivity contribution in [2.24, 2.45) is 0 Å². The van der Waals surface area contributed by atoms with Gasteiger partial charge in [-0.2, -0.15) is 0 Å². The van der Waals surface area contributed by atoms with Gasteiger partial charge < -0.3 is 9.47 Å². The quantitative estimate of drug-likeness (QED) is 0.618. The average molecular weight is 320 g/mol. The predicted molar refractivity (Wildman–Crippen MR) is 77.2 cm³/mol. The first-order valence-electron chi connectivity index (χ1n) is 6.59. The van der Waals surface area contributed by atoms with Crippen LogP contribution in [0.4, 0.5) is 0 Å². The lowest BCUT2D eigenvalue weighted by atomic mass is 10.2. The third-order valence-corrected chi connectivity index (χ3v) is 4.65. The third kappa shape index (κ3) is 4.01. The predicted octanol–water partition coefficient (Wildman–Crippen LogP) is 2.15. The summed E-state index contributed by atoms with van der Waals surface area (Å²) in [6.45, 7) is 1.33. The highest BCUT2D eigenvalue weighted by atomic mass is 35.5. The zero-order valence-electron chi connectivity index (χ0n) is 11.1. The number of hydrogen-bond acceptors (Lipinski definition) is 4. The van der Waals surface area contributed by atoms with Crippen molar-refractivity contribution in [2.75, 3.05) is 25.6 Å². The van der Waals surface area contributed by atoms with Gasteiger partial charge in [-0.05, 0) is 25.0 Å². The number of nitrogens with one attached hydrogen (secondary N) is 1. The number of ether oxygens (including phenoxy) is 2. The second-order valence-electron chi connectivity index (χ2n) is 4.45. The van der Waals surface area contributed by atoms with E-state index in [4.69, 9.17) is 21.1 Å². The smallest absolute Gasteiger partial charge is 0.240 e. The second kappa shape index (κ2) is 7.15. The summed E-state index contributed by atoms with van der Waals surface area (Å²) in [5.41, 5.74) is 0. The Labute approximate surface area is 124 Å². The van der Waals surface area contributed by atoms with E-state index in [2.05, 4.69) is 4.72 Å². The Hall–Kier alpha value is -0.980. The summed E-state index contributed by atoms with van der Waals surface area (Å²) < 4.78 is 37.6. The molecule has 0 atom stereocenters. The van der Waals surface area contributed by atoms with Gasteiger partial charge in [-0.3, -0.25) is 0 Å². The van der Waals surface area contributed by atoms with Crippen molar-refractivity contribution in [1.29, 1.82) is 0 Å². The van der Waals surface area contributed by atoms with Gasteiger partial charge in [0.15, 0.2) is 11.5 Å². The maximum absolute atomic E-state index is 12.1. The molecule has 0 saturated heterocycles. The van der Waals surface area contributed by atoms with Gasteiger partial charge >= 0.3 is 0 Å². The van der Waals surface area contributed by atoms with Crippen LogP contribution in [0.15, 0.2) is 23.1 Å². The van der Waals surface area contributed by atoms with Crippen LogP contribution >= 0.6 is 11.6 Å². The van der Waals surface area contributed by atoms with Crippen LogP contribution in [0, 0.1) is 0 Å². The zero-order chi connectivity index (χ0) is 14.4. The van der Waals surface area contributed by atoms with Gasteiger partial charge in [0.05, 0.1) is 4.90 Å². The van der Waals surface area contributed by atoms with Crippen molar-refractivity contribution in [3.8, 4) is 11.5 Å². The molecule has 1 aromatic rings. The summed E-state index contributed by atoms with van der Waals surface area (Å²) in [6, 6.07) is 4.64. The van der Waals surface area contributed by atoms with E-state index < -0.39 is 10.0 Å². The molecule has 20 heavy (non-hydrogen) atoms. The molecule has 0 spiro atoms. The molecule has 0 bridgehead atoms. The van der Waals surface area contributed by atoms with Gasteiger partial charge in [-0.15, -0.1) is 11.6 Å². The van der Waals surface area contributed by atoms with Crippen molar-refractivity contribution in [1.82, 2.24) is 4.72 Å². The number of halogens is 1. The van der Waals surface area contributed by atoms with Crippen LogP contribution in [0.3, 0.4) is 0 Å². The molecule has 1 aliphatic heterocycles. The van der Waals surface area contributed by atoms with Gasteiger partial charge in [-0.25, -0.2) is 13.1 Å². The van der Waals surface area contributed by atoms with Crippen LogP contribution in [-0.2, 0) is 10.0 Å². The van der Waals surface area contributed by atoms with E-state index in [-0.39, 0.29) is 4.90 Å². The van der Waals surface area contributed by atoms with E-state index in [1.165, 1.54) is 12.1 Å². The molecule has 0 radical (unpaired) electrons. The molecule has 112 valence electrons. The molecule has 1 heterocycles. The number of rotatable bonds is 7. The van der Waals surface area contributed by atoms with E-state index in [1.54, 1.807) is 6.07 Å². The highest BCUT2D eigenvalue weighted by Crippen LogP contribution is 2.32. The summed E-state index contributed by atoms with van der Waals surface area (Å²) in [5.74, 6) is 1.66. The molecule has 1 N–H and O–H groups in total. The summed E-state index contributed by atoms with van der Waals surface area (Å²) >= 11 is 5.57. The van der Waals surface area contributed by atoms with Gasteiger partial charge in [0.2, 0.25) is 10.0 Å². The van der Waals surface area contributed by atoms with E-state index in [9.17, 15) is 8.42 Å². The molecule has 2 rings (SSSR count). The Kier molecular flexibility index (Phi) is 5.51. The van der Waals surface area contributed by atoms with Crippen molar-refractivity contribution in [3.63, 3.8) is 0 Å². The summed E-state index contributed by atoms with van der Waals surface area (Å²) in [7, 11) is -3.50. The van der Waals surface area contributed by atoms with E-state index in [1.807, 2.05) is 0 Å². The number of fused-ring (bicyclic) bond motifs is 1. The van der Waals surface area contributed by atoms with E-state index in [0.717, 1.165) is 19.3 Å². The van der Waals surface area contributed by atoms with Gasteiger partial charge in [0.1, 0.15) is 13.2 Å². The van der Waals surface area contributed by atoms with Crippen LogP contribution in [0.5, 0.6) is 11.5 Å². The monoisotopic (exact) mass is 319 g/mol. The van der Waals surface area contributed by atoms with E-state index >= 15 is 0 Å². The zero-order valence-corrected chi connectivity index (χ0v) is 12.7.